The molecule has 1 aliphatic rings. The number of aryl methyl sites for hydroxylation is 1. The van der Waals surface area contributed by atoms with Gasteiger partial charge < -0.3 is 0 Å². The SMILES string of the molecule is CSc1nc2c(c(SC)n1)C(=O)CCC2. The first-order valence-electron chi connectivity index (χ1n) is 4.78. The highest BCUT2D eigenvalue weighted by atomic mass is 32.2. The summed E-state index contributed by atoms with van der Waals surface area (Å²) in [6.07, 6.45) is 6.38. The summed E-state index contributed by atoms with van der Waals surface area (Å²) in [4.78, 5) is 20.5. The molecule has 2 rings (SSSR count). The fraction of sp³-hybridized carbons (Fsp3) is 0.500. The number of ketones is 1. The highest BCUT2D eigenvalue weighted by molar-refractivity contribution is 7.99. The van der Waals surface area contributed by atoms with Crippen LogP contribution in [0.25, 0.3) is 0 Å². The lowest BCUT2D eigenvalue weighted by atomic mass is 9.96. The number of carbonyl (C=O) groups is 1. The Morgan fingerprint density at radius 2 is 1.93 bits per heavy atom. The quantitative estimate of drug-likeness (QED) is 0.451. The topological polar surface area (TPSA) is 42.9 Å². The lowest BCUT2D eigenvalue weighted by molar-refractivity contribution is 0.0967. The fourth-order valence-electron chi connectivity index (χ4n) is 1.70. The summed E-state index contributed by atoms with van der Waals surface area (Å²) in [6, 6.07) is 0. The molecule has 1 aromatic rings. The third-order valence-electron chi connectivity index (χ3n) is 2.40. The number of rotatable bonds is 2. The van der Waals surface area contributed by atoms with E-state index < -0.39 is 0 Å². The van der Waals surface area contributed by atoms with Crippen LogP contribution in [0.5, 0.6) is 0 Å². The van der Waals surface area contributed by atoms with E-state index in [-0.39, 0.29) is 5.78 Å². The van der Waals surface area contributed by atoms with Crippen molar-refractivity contribution in [3.8, 4) is 0 Å². The monoisotopic (exact) mass is 240 g/mol. The number of hydrogen-bond acceptors (Lipinski definition) is 5. The molecule has 0 fully saturated rings. The summed E-state index contributed by atoms with van der Waals surface area (Å²) in [5.74, 6) is 0.202. The summed E-state index contributed by atoms with van der Waals surface area (Å²) < 4.78 is 0. The van der Waals surface area contributed by atoms with E-state index in [0.717, 1.165) is 34.3 Å². The molecule has 1 heterocycles. The molecular weight excluding hydrogens is 228 g/mol. The zero-order valence-corrected chi connectivity index (χ0v) is 10.4. The van der Waals surface area contributed by atoms with Gasteiger partial charge in [0.1, 0.15) is 5.03 Å². The van der Waals surface area contributed by atoms with Gasteiger partial charge in [0.05, 0.1) is 11.3 Å². The second kappa shape index (κ2) is 4.53. The van der Waals surface area contributed by atoms with Crippen LogP contribution in [0.3, 0.4) is 0 Å². The van der Waals surface area contributed by atoms with Crippen molar-refractivity contribution >= 4 is 29.3 Å². The molecule has 0 spiro atoms. The van der Waals surface area contributed by atoms with Crippen LogP contribution in [0.1, 0.15) is 28.9 Å². The lowest BCUT2D eigenvalue weighted by Gasteiger charge is -2.16. The van der Waals surface area contributed by atoms with E-state index in [0.29, 0.717) is 6.42 Å². The van der Waals surface area contributed by atoms with Gasteiger partial charge >= 0.3 is 0 Å². The van der Waals surface area contributed by atoms with Gasteiger partial charge in [-0.05, 0) is 25.4 Å². The molecule has 3 nitrogen and oxygen atoms in total. The molecule has 0 N–H and O–H groups in total. The van der Waals surface area contributed by atoms with Crippen LogP contribution in [0.2, 0.25) is 0 Å². The Morgan fingerprint density at radius 1 is 1.13 bits per heavy atom. The molecule has 0 amide bonds. The van der Waals surface area contributed by atoms with Crippen molar-refractivity contribution in [2.45, 2.75) is 29.4 Å². The highest BCUT2D eigenvalue weighted by Crippen LogP contribution is 2.29. The third kappa shape index (κ3) is 2.03. The summed E-state index contributed by atoms with van der Waals surface area (Å²) in [5.41, 5.74) is 1.71. The number of fused-ring (bicyclic) bond motifs is 1. The van der Waals surface area contributed by atoms with Crippen LogP contribution in [-0.4, -0.2) is 28.3 Å². The summed E-state index contributed by atoms with van der Waals surface area (Å²) >= 11 is 3.06. The summed E-state index contributed by atoms with van der Waals surface area (Å²) in [6.45, 7) is 0. The van der Waals surface area contributed by atoms with Crippen molar-refractivity contribution < 1.29 is 4.79 Å². The minimum Gasteiger partial charge on any atom is -0.294 e. The van der Waals surface area contributed by atoms with E-state index in [1.165, 1.54) is 23.5 Å². The van der Waals surface area contributed by atoms with Crippen LogP contribution in [0.4, 0.5) is 0 Å². The molecule has 0 unspecified atom stereocenters. The Labute approximate surface area is 97.5 Å². The minimum atomic E-state index is 0.202. The fourth-order valence-corrected chi connectivity index (χ4v) is 2.76. The van der Waals surface area contributed by atoms with Crippen LogP contribution in [0.15, 0.2) is 10.2 Å². The van der Waals surface area contributed by atoms with Gasteiger partial charge in [0.2, 0.25) is 0 Å². The van der Waals surface area contributed by atoms with Crippen molar-refractivity contribution in [1.29, 1.82) is 0 Å². The molecule has 0 radical (unpaired) electrons. The van der Waals surface area contributed by atoms with Crippen LogP contribution in [0, 0.1) is 0 Å². The van der Waals surface area contributed by atoms with E-state index in [4.69, 9.17) is 0 Å². The predicted octanol–water partition coefficient (Wildman–Crippen LogP) is 2.44. The molecule has 0 atom stereocenters. The maximum Gasteiger partial charge on any atom is 0.188 e. The van der Waals surface area contributed by atoms with Crippen molar-refractivity contribution in [3.05, 3.63) is 11.3 Å². The van der Waals surface area contributed by atoms with E-state index in [1.54, 1.807) is 0 Å². The van der Waals surface area contributed by atoms with E-state index >= 15 is 0 Å². The normalized spacial score (nSPS) is 15.2. The smallest absolute Gasteiger partial charge is 0.188 e. The van der Waals surface area contributed by atoms with Gasteiger partial charge in [-0.3, -0.25) is 4.79 Å². The summed E-state index contributed by atoms with van der Waals surface area (Å²) in [7, 11) is 0. The third-order valence-corrected chi connectivity index (χ3v) is 3.63. The molecule has 0 saturated carbocycles. The van der Waals surface area contributed by atoms with Gasteiger partial charge in [0.15, 0.2) is 10.9 Å². The minimum absolute atomic E-state index is 0.202. The first-order chi connectivity index (χ1) is 7.26. The average molecular weight is 240 g/mol. The second-order valence-corrected chi connectivity index (χ2v) is 4.89. The van der Waals surface area contributed by atoms with Crippen molar-refractivity contribution in [2.24, 2.45) is 0 Å². The molecule has 5 heteroatoms. The Bertz CT molecular complexity index is 389. The Hall–Kier alpha value is -0.550. The standard InChI is InChI=1S/C10H12N2OS2/c1-14-9-8-6(4-3-5-7(8)13)11-10(12-9)15-2/h3-5H2,1-2H3. The molecule has 1 aromatic heterocycles. The highest BCUT2D eigenvalue weighted by Gasteiger charge is 2.23. The number of Topliss-reactive ketones (excluding diaryl/α,β-unsaturated/α-hetero) is 1. The average Bonchev–Trinajstić information content (AvgIpc) is 2.27. The van der Waals surface area contributed by atoms with Gasteiger partial charge in [-0.15, -0.1) is 11.8 Å². The zero-order valence-electron chi connectivity index (χ0n) is 8.74. The first kappa shape index (κ1) is 11.0. The van der Waals surface area contributed by atoms with Crippen molar-refractivity contribution in [3.63, 3.8) is 0 Å². The Balaban J connectivity index is 2.57. The number of nitrogens with zero attached hydrogens (tertiary/aromatic N) is 2. The van der Waals surface area contributed by atoms with Gasteiger partial charge in [0.25, 0.3) is 0 Å². The molecular formula is C10H12N2OS2. The number of thioether (sulfide) groups is 2. The second-order valence-electron chi connectivity index (χ2n) is 3.32. The predicted molar refractivity (Wildman–Crippen MR) is 62.9 cm³/mol. The van der Waals surface area contributed by atoms with Gasteiger partial charge in [-0.25, -0.2) is 9.97 Å². The van der Waals surface area contributed by atoms with Crippen LogP contribution < -0.4 is 0 Å². The number of hydrogen-bond donors (Lipinski definition) is 0. The van der Waals surface area contributed by atoms with Gasteiger partial charge in [0, 0.05) is 6.42 Å². The maximum atomic E-state index is 11.8. The van der Waals surface area contributed by atoms with Crippen molar-refractivity contribution in [1.82, 2.24) is 9.97 Å². The Kier molecular flexibility index (Phi) is 3.31. The van der Waals surface area contributed by atoms with Gasteiger partial charge in [-0.2, -0.15) is 0 Å². The van der Waals surface area contributed by atoms with E-state index in [1.807, 2.05) is 12.5 Å². The molecule has 0 aliphatic heterocycles. The summed E-state index contributed by atoms with van der Waals surface area (Å²) in [5, 5.41) is 1.61. The van der Waals surface area contributed by atoms with E-state index in [9.17, 15) is 4.79 Å². The molecule has 1 aliphatic carbocycles. The van der Waals surface area contributed by atoms with Crippen LogP contribution in [-0.2, 0) is 6.42 Å². The molecule has 0 saturated heterocycles. The molecule has 80 valence electrons. The molecule has 0 aromatic carbocycles. The number of carbonyl (C=O) groups excluding carboxylic acids is 1. The van der Waals surface area contributed by atoms with Crippen LogP contribution >= 0.6 is 23.5 Å². The lowest BCUT2D eigenvalue weighted by Crippen LogP contribution is -2.15. The largest absolute Gasteiger partial charge is 0.294 e. The maximum absolute atomic E-state index is 11.8. The molecule has 0 bridgehead atoms. The zero-order chi connectivity index (χ0) is 10.8. The van der Waals surface area contributed by atoms with Crippen molar-refractivity contribution in [2.75, 3.05) is 12.5 Å². The number of aromatic nitrogens is 2. The van der Waals surface area contributed by atoms with E-state index in [2.05, 4.69) is 9.97 Å². The Morgan fingerprint density at radius 3 is 2.60 bits per heavy atom. The first-order valence-corrected chi connectivity index (χ1v) is 7.23. The van der Waals surface area contributed by atoms with Gasteiger partial charge in [-0.1, -0.05) is 11.8 Å². The molecule has 15 heavy (non-hydrogen) atoms.